The molecule has 0 amide bonds. The van der Waals surface area contributed by atoms with E-state index in [9.17, 15) is 13.2 Å². The van der Waals surface area contributed by atoms with Gasteiger partial charge in [0.25, 0.3) is 0 Å². The van der Waals surface area contributed by atoms with Gasteiger partial charge in [-0.05, 0) is 18.6 Å². The fourth-order valence-corrected chi connectivity index (χ4v) is 1.16. The molecule has 1 aromatic heterocycles. The molecular weight excluding hydrogens is 209 g/mol. The van der Waals surface area contributed by atoms with Gasteiger partial charge in [-0.25, -0.2) is 4.98 Å². The third kappa shape index (κ3) is 2.59. The Balaban J connectivity index is 3.02. The monoisotopic (exact) mass is 220 g/mol. The van der Waals surface area contributed by atoms with Crippen molar-refractivity contribution in [1.82, 2.24) is 4.98 Å². The summed E-state index contributed by atoms with van der Waals surface area (Å²) in [5, 5.41) is 0. The lowest BCUT2D eigenvalue weighted by Gasteiger charge is -2.16. The zero-order valence-corrected chi connectivity index (χ0v) is 8.30. The quantitative estimate of drug-likeness (QED) is 0.828. The Kier molecular flexibility index (Phi) is 3.18. The lowest BCUT2D eigenvalue weighted by molar-refractivity contribution is -0.149. The molecule has 0 fully saturated rings. The van der Waals surface area contributed by atoms with Crippen molar-refractivity contribution in [1.29, 1.82) is 0 Å². The number of halogens is 3. The maximum Gasteiger partial charge on any atom is 0.407 e. The maximum absolute atomic E-state index is 12.3. The molecule has 2 N–H and O–H groups in total. The van der Waals surface area contributed by atoms with Crippen LogP contribution >= 0.6 is 0 Å². The number of aromatic nitrogens is 1. The summed E-state index contributed by atoms with van der Waals surface area (Å²) in [6, 6.07) is -0.682. The number of hydrogen-bond acceptors (Lipinski definition) is 3. The van der Waals surface area contributed by atoms with E-state index in [1.807, 2.05) is 0 Å². The van der Waals surface area contributed by atoms with E-state index in [0.717, 1.165) is 6.20 Å². The third-order valence-corrected chi connectivity index (χ3v) is 1.96. The van der Waals surface area contributed by atoms with Crippen LogP contribution in [0, 0.1) is 6.92 Å². The molecule has 0 aliphatic rings. The molecule has 0 spiro atoms. The standard InChI is InChI=1S/C9H11F3N2O/c1-5-3-6(4-14-8(5)15-2)7(13)9(10,11)12/h3-4,7H,13H2,1-2H3. The summed E-state index contributed by atoms with van der Waals surface area (Å²) in [7, 11) is 1.40. The maximum atomic E-state index is 12.3. The van der Waals surface area contributed by atoms with Gasteiger partial charge in [0.05, 0.1) is 7.11 Å². The second-order valence-corrected chi connectivity index (χ2v) is 3.11. The molecule has 1 heterocycles. The Labute approximate surface area is 85.1 Å². The van der Waals surface area contributed by atoms with E-state index in [2.05, 4.69) is 4.98 Å². The summed E-state index contributed by atoms with van der Waals surface area (Å²) < 4.78 is 41.6. The van der Waals surface area contributed by atoms with Crippen LogP contribution in [0.15, 0.2) is 12.3 Å². The first kappa shape index (κ1) is 11.8. The first-order valence-corrected chi connectivity index (χ1v) is 4.19. The van der Waals surface area contributed by atoms with Crippen molar-refractivity contribution in [3.8, 4) is 5.88 Å². The smallest absolute Gasteiger partial charge is 0.407 e. The van der Waals surface area contributed by atoms with E-state index >= 15 is 0 Å². The van der Waals surface area contributed by atoms with Gasteiger partial charge in [-0.2, -0.15) is 13.2 Å². The van der Waals surface area contributed by atoms with Crippen molar-refractivity contribution < 1.29 is 17.9 Å². The average molecular weight is 220 g/mol. The average Bonchev–Trinajstić information content (AvgIpc) is 2.15. The summed E-state index contributed by atoms with van der Waals surface area (Å²) in [5.41, 5.74) is 5.48. The molecule has 3 nitrogen and oxygen atoms in total. The van der Waals surface area contributed by atoms with Crippen molar-refractivity contribution in [3.63, 3.8) is 0 Å². The Hall–Kier alpha value is -1.30. The van der Waals surface area contributed by atoms with Gasteiger partial charge in [-0.3, -0.25) is 0 Å². The molecule has 0 aliphatic carbocycles. The van der Waals surface area contributed by atoms with E-state index in [1.54, 1.807) is 6.92 Å². The Bertz CT molecular complexity index is 352. The number of pyridine rings is 1. The second-order valence-electron chi connectivity index (χ2n) is 3.11. The summed E-state index contributed by atoms with van der Waals surface area (Å²) in [6.07, 6.45) is -3.38. The number of alkyl halides is 3. The molecule has 1 aromatic rings. The predicted molar refractivity (Wildman–Crippen MR) is 48.5 cm³/mol. The van der Waals surface area contributed by atoms with Crippen LogP contribution in [0.1, 0.15) is 17.2 Å². The molecule has 0 bridgehead atoms. The number of methoxy groups -OCH3 is 1. The number of rotatable bonds is 2. The van der Waals surface area contributed by atoms with Crippen LogP contribution in [-0.2, 0) is 0 Å². The van der Waals surface area contributed by atoms with Crippen molar-refractivity contribution in [2.24, 2.45) is 5.73 Å². The van der Waals surface area contributed by atoms with Crippen LogP contribution in [0.2, 0.25) is 0 Å². The van der Waals surface area contributed by atoms with Gasteiger partial charge in [0.1, 0.15) is 6.04 Å². The fraction of sp³-hybridized carbons (Fsp3) is 0.444. The highest BCUT2D eigenvalue weighted by atomic mass is 19.4. The van der Waals surface area contributed by atoms with E-state index in [0.29, 0.717) is 11.4 Å². The Morgan fingerprint density at radius 2 is 2.07 bits per heavy atom. The van der Waals surface area contributed by atoms with Crippen molar-refractivity contribution >= 4 is 0 Å². The van der Waals surface area contributed by atoms with Crippen LogP contribution < -0.4 is 10.5 Å². The van der Waals surface area contributed by atoms with E-state index in [-0.39, 0.29) is 5.56 Å². The van der Waals surface area contributed by atoms with E-state index in [1.165, 1.54) is 13.2 Å². The molecule has 1 atom stereocenters. The van der Waals surface area contributed by atoms with Gasteiger partial charge in [0.15, 0.2) is 0 Å². The van der Waals surface area contributed by atoms with Crippen LogP contribution in [0.3, 0.4) is 0 Å². The molecule has 0 aromatic carbocycles. The molecule has 0 radical (unpaired) electrons. The Morgan fingerprint density at radius 3 is 2.47 bits per heavy atom. The fourth-order valence-electron chi connectivity index (χ4n) is 1.16. The molecular formula is C9H11F3N2O. The minimum atomic E-state index is -4.46. The molecule has 0 saturated carbocycles. The van der Waals surface area contributed by atoms with Crippen molar-refractivity contribution in [2.45, 2.75) is 19.1 Å². The van der Waals surface area contributed by atoms with Crippen molar-refractivity contribution in [3.05, 3.63) is 23.4 Å². The second kappa shape index (κ2) is 4.06. The highest BCUT2D eigenvalue weighted by Gasteiger charge is 2.38. The summed E-state index contributed by atoms with van der Waals surface area (Å²) in [4.78, 5) is 3.73. The van der Waals surface area contributed by atoms with Gasteiger partial charge in [-0.15, -0.1) is 0 Å². The lowest BCUT2D eigenvalue weighted by Crippen LogP contribution is -2.28. The van der Waals surface area contributed by atoms with Crippen LogP contribution in [0.4, 0.5) is 13.2 Å². The van der Waals surface area contributed by atoms with E-state index < -0.39 is 12.2 Å². The van der Waals surface area contributed by atoms with Gasteiger partial charge < -0.3 is 10.5 Å². The number of ether oxygens (including phenoxy) is 1. The molecule has 15 heavy (non-hydrogen) atoms. The highest BCUT2D eigenvalue weighted by Crippen LogP contribution is 2.31. The minimum Gasteiger partial charge on any atom is -0.481 e. The lowest BCUT2D eigenvalue weighted by atomic mass is 10.1. The normalized spacial score (nSPS) is 13.7. The number of nitrogens with two attached hydrogens (primary N) is 1. The van der Waals surface area contributed by atoms with Crippen LogP contribution in [0.25, 0.3) is 0 Å². The summed E-state index contributed by atoms with van der Waals surface area (Å²) >= 11 is 0. The van der Waals surface area contributed by atoms with Crippen LogP contribution in [-0.4, -0.2) is 18.3 Å². The Morgan fingerprint density at radius 1 is 1.47 bits per heavy atom. The molecule has 84 valence electrons. The first-order chi connectivity index (χ1) is 6.86. The zero-order chi connectivity index (χ0) is 11.6. The van der Waals surface area contributed by atoms with Crippen molar-refractivity contribution in [2.75, 3.05) is 7.11 Å². The number of nitrogens with zero attached hydrogens (tertiary/aromatic N) is 1. The van der Waals surface area contributed by atoms with Crippen LogP contribution in [0.5, 0.6) is 5.88 Å². The molecule has 6 heteroatoms. The van der Waals surface area contributed by atoms with E-state index in [4.69, 9.17) is 10.5 Å². The molecule has 1 unspecified atom stereocenters. The largest absolute Gasteiger partial charge is 0.481 e. The summed E-state index contributed by atoms with van der Waals surface area (Å²) in [6.45, 7) is 1.61. The zero-order valence-electron chi connectivity index (χ0n) is 8.30. The van der Waals surface area contributed by atoms with Gasteiger partial charge in [-0.1, -0.05) is 0 Å². The molecule has 0 saturated heterocycles. The third-order valence-electron chi connectivity index (χ3n) is 1.96. The molecule has 1 rings (SSSR count). The van der Waals surface area contributed by atoms with Gasteiger partial charge in [0, 0.05) is 11.8 Å². The summed E-state index contributed by atoms with van der Waals surface area (Å²) in [5.74, 6) is 0.299. The SMILES string of the molecule is COc1ncc(C(N)C(F)(F)F)cc1C. The first-order valence-electron chi connectivity index (χ1n) is 4.19. The highest BCUT2D eigenvalue weighted by molar-refractivity contribution is 5.30. The van der Waals surface area contributed by atoms with Gasteiger partial charge in [0.2, 0.25) is 5.88 Å². The topological polar surface area (TPSA) is 48.1 Å². The minimum absolute atomic E-state index is 0.0687. The predicted octanol–water partition coefficient (Wildman–Crippen LogP) is 1.96. The van der Waals surface area contributed by atoms with Gasteiger partial charge >= 0.3 is 6.18 Å². The number of aryl methyl sites for hydroxylation is 1. The number of hydrogen-bond donors (Lipinski definition) is 1. The molecule has 0 aliphatic heterocycles.